The molecule has 0 saturated heterocycles. The second kappa shape index (κ2) is 45.8. The summed E-state index contributed by atoms with van der Waals surface area (Å²) in [6.07, 6.45) is 57.9. The molecule has 55 heavy (non-hydrogen) atoms. The van der Waals surface area contributed by atoms with Gasteiger partial charge in [-0.2, -0.15) is 0 Å². The lowest BCUT2D eigenvalue weighted by Gasteiger charge is -2.05. The number of carbonyl (C=O) groups is 2. The van der Waals surface area contributed by atoms with Crippen LogP contribution in [0.1, 0.15) is 310 Å². The van der Waals surface area contributed by atoms with E-state index in [1.54, 1.807) is 0 Å². The largest absolute Gasteiger partial charge is 0.393 e. The Morgan fingerprint density at radius 3 is 0.564 bits per heavy atom. The van der Waals surface area contributed by atoms with Crippen molar-refractivity contribution in [3.63, 3.8) is 0 Å². The van der Waals surface area contributed by atoms with Crippen LogP contribution in [-0.2, 0) is 14.3 Å². The molecule has 0 saturated carbocycles. The zero-order valence-electron chi connectivity index (χ0n) is 38.5. The molecule has 328 valence electrons. The Balaban J connectivity index is 3.25. The summed E-state index contributed by atoms with van der Waals surface area (Å²) >= 11 is 0. The summed E-state index contributed by atoms with van der Waals surface area (Å²) in [5.41, 5.74) is 0. The van der Waals surface area contributed by atoms with Gasteiger partial charge in [-0.15, -0.1) is 0 Å². The van der Waals surface area contributed by atoms with E-state index in [1.807, 2.05) is 0 Å². The molecular formula is C52H102O3. The average molecular weight is 775 g/mol. The molecule has 0 atom stereocenters. The number of esters is 2. The van der Waals surface area contributed by atoms with Gasteiger partial charge in [-0.3, -0.25) is 9.59 Å². The zero-order chi connectivity index (χ0) is 40.1. The number of unbranched alkanes of at least 4 members (excludes halogenated alkanes) is 38. The molecular weight excluding hydrogens is 673 g/mol. The van der Waals surface area contributed by atoms with Crippen LogP contribution in [0, 0.1) is 11.8 Å². The maximum atomic E-state index is 12.1. The van der Waals surface area contributed by atoms with Crippen LogP contribution in [-0.4, -0.2) is 11.9 Å². The third kappa shape index (κ3) is 49.2. The van der Waals surface area contributed by atoms with E-state index in [2.05, 4.69) is 27.7 Å². The van der Waals surface area contributed by atoms with Crippen molar-refractivity contribution >= 4 is 11.9 Å². The molecule has 0 spiro atoms. The quantitative estimate of drug-likeness (QED) is 0.0351. The fraction of sp³-hybridized carbons (Fsp3) is 0.962. The Bertz CT molecular complexity index is 696. The molecule has 0 unspecified atom stereocenters. The molecule has 0 aromatic carbocycles. The molecule has 0 amide bonds. The van der Waals surface area contributed by atoms with Crippen molar-refractivity contribution in [2.45, 2.75) is 310 Å². The summed E-state index contributed by atoms with van der Waals surface area (Å²) in [5, 5.41) is 0. The van der Waals surface area contributed by atoms with Crippen LogP contribution in [0.15, 0.2) is 0 Å². The topological polar surface area (TPSA) is 43.4 Å². The van der Waals surface area contributed by atoms with Crippen molar-refractivity contribution in [3.05, 3.63) is 0 Å². The van der Waals surface area contributed by atoms with Gasteiger partial charge >= 0.3 is 11.9 Å². The first-order chi connectivity index (χ1) is 26.9. The van der Waals surface area contributed by atoms with Crippen molar-refractivity contribution in [1.82, 2.24) is 0 Å². The van der Waals surface area contributed by atoms with Crippen molar-refractivity contribution in [3.8, 4) is 0 Å². The molecule has 0 aromatic heterocycles. The van der Waals surface area contributed by atoms with Gasteiger partial charge in [-0.1, -0.05) is 285 Å². The van der Waals surface area contributed by atoms with Crippen LogP contribution in [0.5, 0.6) is 0 Å². The van der Waals surface area contributed by atoms with Gasteiger partial charge in [0, 0.05) is 12.8 Å². The standard InChI is InChI=1S/C52H102O3/c1-49(2)45-41-37-33-29-25-21-17-13-9-5-7-11-15-19-23-27-31-35-39-43-47-51(53)55-52(54)48-44-40-36-32-28-24-20-16-12-8-6-10-14-18-22-26-30-34-38-42-46-50(3)4/h49-50H,5-48H2,1-4H3. The number of hydrogen-bond acceptors (Lipinski definition) is 3. The molecule has 0 aliphatic rings. The number of ether oxygens (including phenoxy) is 1. The number of rotatable bonds is 46. The minimum Gasteiger partial charge on any atom is -0.393 e. The van der Waals surface area contributed by atoms with E-state index in [1.165, 1.54) is 244 Å². The highest BCUT2D eigenvalue weighted by Gasteiger charge is 2.10. The molecule has 0 N–H and O–H groups in total. The fourth-order valence-electron chi connectivity index (χ4n) is 8.24. The van der Waals surface area contributed by atoms with Crippen LogP contribution in [0.2, 0.25) is 0 Å². The Labute approximate surface area is 347 Å². The van der Waals surface area contributed by atoms with Gasteiger partial charge in [0.15, 0.2) is 0 Å². The first kappa shape index (κ1) is 54.1. The molecule has 0 rings (SSSR count). The van der Waals surface area contributed by atoms with Crippen LogP contribution in [0.4, 0.5) is 0 Å². The average Bonchev–Trinajstić information content (AvgIpc) is 3.15. The van der Waals surface area contributed by atoms with E-state index in [4.69, 9.17) is 4.74 Å². The number of hydrogen-bond donors (Lipinski definition) is 0. The van der Waals surface area contributed by atoms with E-state index >= 15 is 0 Å². The van der Waals surface area contributed by atoms with Crippen LogP contribution in [0.25, 0.3) is 0 Å². The van der Waals surface area contributed by atoms with Crippen LogP contribution >= 0.6 is 0 Å². The molecule has 0 heterocycles. The minimum absolute atomic E-state index is 0.318. The molecule has 0 radical (unpaired) electrons. The molecule has 0 aromatic rings. The Kier molecular flexibility index (Phi) is 45.1. The van der Waals surface area contributed by atoms with Crippen LogP contribution < -0.4 is 0 Å². The smallest absolute Gasteiger partial charge is 0.313 e. The van der Waals surface area contributed by atoms with E-state index in [9.17, 15) is 9.59 Å². The minimum atomic E-state index is -0.318. The first-order valence-electron chi connectivity index (χ1n) is 25.6. The summed E-state index contributed by atoms with van der Waals surface area (Å²) in [6, 6.07) is 0. The van der Waals surface area contributed by atoms with E-state index in [0.717, 1.165) is 37.5 Å². The van der Waals surface area contributed by atoms with E-state index < -0.39 is 0 Å². The zero-order valence-corrected chi connectivity index (χ0v) is 38.5. The molecule has 0 bridgehead atoms. The Hall–Kier alpha value is -0.860. The number of carbonyl (C=O) groups excluding carboxylic acids is 2. The third-order valence-electron chi connectivity index (χ3n) is 12.1. The summed E-state index contributed by atoms with van der Waals surface area (Å²) in [6.45, 7) is 9.35. The lowest BCUT2D eigenvalue weighted by atomic mass is 10.0. The monoisotopic (exact) mass is 775 g/mol. The fourth-order valence-corrected chi connectivity index (χ4v) is 8.24. The summed E-state index contributed by atoms with van der Waals surface area (Å²) in [4.78, 5) is 24.1. The molecule has 0 aliphatic carbocycles. The van der Waals surface area contributed by atoms with Gasteiger partial charge in [-0.05, 0) is 24.7 Å². The van der Waals surface area contributed by atoms with Crippen molar-refractivity contribution in [2.24, 2.45) is 11.8 Å². The van der Waals surface area contributed by atoms with Gasteiger partial charge in [0.25, 0.3) is 0 Å². The highest BCUT2D eigenvalue weighted by atomic mass is 16.6. The summed E-state index contributed by atoms with van der Waals surface area (Å²) in [5.74, 6) is 1.11. The molecule has 0 fully saturated rings. The van der Waals surface area contributed by atoms with Gasteiger partial charge in [0.2, 0.25) is 0 Å². The maximum Gasteiger partial charge on any atom is 0.313 e. The van der Waals surface area contributed by atoms with Gasteiger partial charge < -0.3 is 4.74 Å². The molecule has 0 aliphatic heterocycles. The van der Waals surface area contributed by atoms with Crippen molar-refractivity contribution in [2.75, 3.05) is 0 Å². The van der Waals surface area contributed by atoms with Crippen molar-refractivity contribution < 1.29 is 14.3 Å². The lowest BCUT2D eigenvalue weighted by molar-refractivity contribution is -0.159. The second-order valence-corrected chi connectivity index (χ2v) is 18.9. The highest BCUT2D eigenvalue weighted by Crippen LogP contribution is 2.18. The Morgan fingerprint density at radius 2 is 0.400 bits per heavy atom. The summed E-state index contributed by atoms with van der Waals surface area (Å²) < 4.78 is 5.07. The first-order valence-corrected chi connectivity index (χ1v) is 25.6. The second-order valence-electron chi connectivity index (χ2n) is 18.9. The lowest BCUT2D eigenvalue weighted by Crippen LogP contribution is -2.11. The molecule has 3 nitrogen and oxygen atoms in total. The normalized spacial score (nSPS) is 11.7. The SMILES string of the molecule is CC(C)CCCCCCCCCCCCCCCCCCCCCCC(=O)OC(=O)CCCCCCCCCCCCCCCCCCCCCCC(C)C. The predicted molar refractivity (Wildman–Crippen MR) is 244 cm³/mol. The van der Waals surface area contributed by atoms with E-state index in [-0.39, 0.29) is 11.9 Å². The van der Waals surface area contributed by atoms with Gasteiger partial charge in [0.05, 0.1) is 0 Å². The van der Waals surface area contributed by atoms with Gasteiger partial charge in [-0.25, -0.2) is 0 Å². The third-order valence-corrected chi connectivity index (χ3v) is 12.1. The molecule has 3 heteroatoms. The predicted octanol–water partition coefficient (Wildman–Crippen LogP) is 18.5. The highest BCUT2D eigenvalue weighted by molar-refractivity contribution is 5.85. The van der Waals surface area contributed by atoms with Crippen LogP contribution in [0.3, 0.4) is 0 Å². The van der Waals surface area contributed by atoms with Crippen molar-refractivity contribution in [1.29, 1.82) is 0 Å². The Morgan fingerprint density at radius 1 is 0.255 bits per heavy atom. The summed E-state index contributed by atoms with van der Waals surface area (Å²) in [7, 11) is 0. The maximum absolute atomic E-state index is 12.1. The van der Waals surface area contributed by atoms with Gasteiger partial charge in [0.1, 0.15) is 0 Å². The van der Waals surface area contributed by atoms with E-state index in [0.29, 0.717) is 12.8 Å².